The first-order valence-electron chi connectivity index (χ1n) is 4.54. The highest BCUT2D eigenvalue weighted by Gasteiger charge is 2.36. The quantitative estimate of drug-likeness (QED) is 0.608. The predicted molar refractivity (Wildman–Crippen MR) is 51.6 cm³/mol. The lowest BCUT2D eigenvalue weighted by Crippen LogP contribution is -2.33. The average Bonchev–Trinajstić information content (AvgIpc) is 2.55. The summed E-state index contributed by atoms with van der Waals surface area (Å²) >= 11 is 0. The molecule has 5 nitrogen and oxygen atoms in total. The summed E-state index contributed by atoms with van der Waals surface area (Å²) in [4.78, 5) is 11.4. The molecule has 0 saturated carbocycles. The number of nitrogens with zero attached hydrogens (tertiary/aromatic N) is 2. The highest BCUT2D eigenvalue weighted by molar-refractivity contribution is 7.91. The molecule has 78 valence electrons. The Morgan fingerprint density at radius 3 is 2.64 bits per heavy atom. The molecule has 14 heavy (non-hydrogen) atoms. The summed E-state index contributed by atoms with van der Waals surface area (Å²) in [5.74, 6) is 0.163. The third-order valence-electron chi connectivity index (χ3n) is 2.50. The van der Waals surface area contributed by atoms with Crippen molar-refractivity contribution in [2.24, 2.45) is 5.10 Å². The third kappa shape index (κ3) is 1.66. The van der Waals surface area contributed by atoms with Gasteiger partial charge in [0.05, 0.1) is 24.0 Å². The van der Waals surface area contributed by atoms with Crippen molar-refractivity contribution < 1.29 is 13.2 Å². The van der Waals surface area contributed by atoms with Gasteiger partial charge in [0.15, 0.2) is 9.84 Å². The van der Waals surface area contributed by atoms with E-state index in [0.717, 1.165) is 5.71 Å². The van der Waals surface area contributed by atoms with Gasteiger partial charge < -0.3 is 0 Å². The van der Waals surface area contributed by atoms with Crippen molar-refractivity contribution >= 4 is 21.5 Å². The Morgan fingerprint density at radius 2 is 2.21 bits per heavy atom. The molecule has 0 aromatic carbocycles. The van der Waals surface area contributed by atoms with Gasteiger partial charge in [-0.1, -0.05) is 0 Å². The number of carbonyl (C=O) groups is 1. The SMILES string of the molecule is CC1=NN([C@@H]2CCS(=O)(=O)C2)C(=O)C1. The van der Waals surface area contributed by atoms with E-state index in [4.69, 9.17) is 0 Å². The van der Waals surface area contributed by atoms with Gasteiger partial charge >= 0.3 is 0 Å². The molecule has 0 bridgehead atoms. The molecule has 2 heterocycles. The smallest absolute Gasteiger partial charge is 0.248 e. The molecule has 0 aliphatic carbocycles. The van der Waals surface area contributed by atoms with E-state index in [1.54, 1.807) is 6.92 Å². The molecule has 1 fully saturated rings. The lowest BCUT2D eigenvalue weighted by Gasteiger charge is -2.17. The molecule has 2 aliphatic heterocycles. The van der Waals surface area contributed by atoms with E-state index >= 15 is 0 Å². The zero-order chi connectivity index (χ0) is 10.3. The average molecular weight is 216 g/mol. The van der Waals surface area contributed by atoms with Gasteiger partial charge in [-0.3, -0.25) is 4.79 Å². The van der Waals surface area contributed by atoms with Crippen LogP contribution < -0.4 is 0 Å². The highest BCUT2D eigenvalue weighted by atomic mass is 32.2. The van der Waals surface area contributed by atoms with Gasteiger partial charge in [-0.15, -0.1) is 0 Å². The topological polar surface area (TPSA) is 66.8 Å². The molecule has 0 aromatic rings. The Balaban J connectivity index is 2.15. The van der Waals surface area contributed by atoms with Crippen LogP contribution in [0.15, 0.2) is 5.10 Å². The van der Waals surface area contributed by atoms with Crippen molar-refractivity contribution in [3.63, 3.8) is 0 Å². The zero-order valence-electron chi connectivity index (χ0n) is 7.93. The minimum absolute atomic E-state index is 0.0650. The van der Waals surface area contributed by atoms with Crippen molar-refractivity contribution in [2.75, 3.05) is 11.5 Å². The molecule has 6 heteroatoms. The van der Waals surface area contributed by atoms with Crippen LogP contribution in [0, 0.1) is 0 Å². The summed E-state index contributed by atoms with van der Waals surface area (Å²) in [5, 5.41) is 5.40. The maximum absolute atomic E-state index is 11.4. The summed E-state index contributed by atoms with van der Waals surface area (Å²) in [6, 6.07) is -0.232. The lowest BCUT2D eigenvalue weighted by atomic mass is 10.2. The van der Waals surface area contributed by atoms with Crippen molar-refractivity contribution in [3.05, 3.63) is 0 Å². The van der Waals surface area contributed by atoms with Crippen LogP contribution in [0.1, 0.15) is 19.8 Å². The fourth-order valence-corrected chi connectivity index (χ4v) is 3.52. The first-order chi connectivity index (χ1) is 6.48. The fourth-order valence-electron chi connectivity index (χ4n) is 1.83. The predicted octanol–water partition coefficient (Wildman–Crippen LogP) is -0.218. The van der Waals surface area contributed by atoms with Crippen molar-refractivity contribution in [2.45, 2.75) is 25.8 Å². The number of hydrogen-bond acceptors (Lipinski definition) is 4. The molecule has 1 atom stereocenters. The molecule has 0 aromatic heterocycles. The van der Waals surface area contributed by atoms with Crippen LogP contribution in [0.2, 0.25) is 0 Å². The molecular formula is C8H12N2O3S. The van der Waals surface area contributed by atoms with Gasteiger partial charge in [0.1, 0.15) is 0 Å². The van der Waals surface area contributed by atoms with Crippen molar-refractivity contribution in [3.8, 4) is 0 Å². The second-order valence-electron chi connectivity index (χ2n) is 3.81. The Labute approximate surface area is 82.7 Å². The third-order valence-corrected chi connectivity index (χ3v) is 4.25. The molecule has 2 aliphatic rings. The maximum atomic E-state index is 11.4. The minimum atomic E-state index is -2.94. The van der Waals surface area contributed by atoms with Gasteiger partial charge in [-0.25, -0.2) is 13.4 Å². The zero-order valence-corrected chi connectivity index (χ0v) is 8.75. The Bertz CT molecular complexity index is 399. The van der Waals surface area contributed by atoms with E-state index in [9.17, 15) is 13.2 Å². The van der Waals surface area contributed by atoms with Crippen molar-refractivity contribution in [1.29, 1.82) is 0 Å². The summed E-state index contributed by atoms with van der Waals surface area (Å²) in [6.45, 7) is 1.78. The van der Waals surface area contributed by atoms with Gasteiger partial charge in [-0.05, 0) is 13.3 Å². The molecule has 0 radical (unpaired) electrons. The molecule has 0 unspecified atom stereocenters. The molecule has 0 N–H and O–H groups in total. The van der Waals surface area contributed by atoms with E-state index in [0.29, 0.717) is 12.8 Å². The van der Waals surface area contributed by atoms with E-state index in [1.165, 1.54) is 5.01 Å². The number of hydrogen-bond donors (Lipinski definition) is 0. The van der Waals surface area contributed by atoms with E-state index in [2.05, 4.69) is 5.10 Å². The van der Waals surface area contributed by atoms with Crippen LogP contribution in [0.25, 0.3) is 0 Å². The molecule has 2 rings (SSSR count). The Kier molecular flexibility index (Phi) is 2.10. The van der Waals surface area contributed by atoms with Crippen molar-refractivity contribution in [1.82, 2.24) is 5.01 Å². The van der Waals surface area contributed by atoms with Gasteiger partial charge in [0.2, 0.25) is 5.91 Å². The minimum Gasteiger partial charge on any atom is -0.273 e. The van der Waals surface area contributed by atoms with Crippen LogP contribution >= 0.6 is 0 Å². The number of rotatable bonds is 1. The largest absolute Gasteiger partial charge is 0.273 e. The number of amides is 1. The molecule has 1 saturated heterocycles. The summed E-state index contributed by atoms with van der Waals surface area (Å²) in [7, 11) is -2.94. The van der Waals surface area contributed by atoms with Crippen LogP contribution in [-0.4, -0.2) is 42.6 Å². The first-order valence-corrected chi connectivity index (χ1v) is 6.37. The van der Waals surface area contributed by atoms with E-state index < -0.39 is 9.84 Å². The van der Waals surface area contributed by atoms with Gasteiger partial charge in [-0.2, -0.15) is 5.10 Å². The molecular weight excluding hydrogens is 204 g/mol. The number of hydrazone groups is 1. The van der Waals surface area contributed by atoms with E-state index in [-0.39, 0.29) is 23.5 Å². The fraction of sp³-hybridized carbons (Fsp3) is 0.750. The monoisotopic (exact) mass is 216 g/mol. The second-order valence-corrected chi connectivity index (χ2v) is 6.04. The van der Waals surface area contributed by atoms with Crippen LogP contribution in [-0.2, 0) is 14.6 Å². The summed E-state index contributed by atoms with van der Waals surface area (Å²) < 4.78 is 22.4. The number of carbonyl (C=O) groups excluding carboxylic acids is 1. The van der Waals surface area contributed by atoms with Gasteiger partial charge in [0, 0.05) is 5.71 Å². The van der Waals surface area contributed by atoms with Crippen LogP contribution in [0.3, 0.4) is 0 Å². The lowest BCUT2D eigenvalue weighted by molar-refractivity contribution is -0.130. The Morgan fingerprint density at radius 1 is 1.50 bits per heavy atom. The second kappa shape index (κ2) is 3.05. The highest BCUT2D eigenvalue weighted by Crippen LogP contribution is 2.21. The standard InChI is InChI=1S/C8H12N2O3S/c1-6-4-8(11)10(9-6)7-2-3-14(12,13)5-7/h7H,2-5H2,1H3/t7-/m1/s1. The first kappa shape index (κ1) is 9.64. The summed E-state index contributed by atoms with van der Waals surface area (Å²) in [5.41, 5.74) is 0.763. The molecule has 0 spiro atoms. The summed E-state index contributed by atoms with van der Waals surface area (Å²) in [6.07, 6.45) is 0.849. The van der Waals surface area contributed by atoms with E-state index in [1.807, 2.05) is 0 Å². The van der Waals surface area contributed by atoms with Gasteiger partial charge in [0.25, 0.3) is 0 Å². The van der Waals surface area contributed by atoms with Crippen LogP contribution in [0.4, 0.5) is 0 Å². The van der Waals surface area contributed by atoms with Crippen LogP contribution in [0.5, 0.6) is 0 Å². The number of sulfone groups is 1. The maximum Gasteiger partial charge on any atom is 0.248 e. The Hall–Kier alpha value is -0.910. The molecule has 1 amide bonds. The normalized spacial score (nSPS) is 30.9.